The van der Waals surface area contributed by atoms with E-state index in [9.17, 15) is 15.3 Å². The van der Waals surface area contributed by atoms with Crippen LogP contribution < -0.4 is 5.32 Å². The van der Waals surface area contributed by atoms with Crippen LogP contribution in [0.4, 0.5) is 5.82 Å². The van der Waals surface area contributed by atoms with E-state index >= 15 is 0 Å². The summed E-state index contributed by atoms with van der Waals surface area (Å²) >= 11 is 0. The van der Waals surface area contributed by atoms with E-state index in [0.717, 1.165) is 5.92 Å². The number of ether oxygens (including phenoxy) is 1. The molecule has 3 aliphatic rings. The van der Waals surface area contributed by atoms with E-state index in [-0.39, 0.29) is 6.61 Å². The first-order valence-corrected chi connectivity index (χ1v) is 9.60. The number of anilines is 1. The van der Waals surface area contributed by atoms with Gasteiger partial charge in [-0.05, 0) is 38.0 Å². The number of aliphatic hydroxyl groups is 3. The largest absolute Gasteiger partial charge is 0.394 e. The molecule has 146 valence electrons. The van der Waals surface area contributed by atoms with E-state index in [2.05, 4.69) is 20.3 Å². The molecule has 2 saturated carbocycles. The summed E-state index contributed by atoms with van der Waals surface area (Å²) in [5.41, 5.74) is -0.426. The van der Waals surface area contributed by atoms with Gasteiger partial charge in [0.15, 0.2) is 23.2 Å². The third-order valence-electron chi connectivity index (χ3n) is 6.68. The Hall–Kier alpha value is -1.81. The predicted molar refractivity (Wildman–Crippen MR) is 95.8 cm³/mol. The van der Waals surface area contributed by atoms with Crippen LogP contribution in [0.15, 0.2) is 12.7 Å². The number of aromatic nitrogens is 4. The minimum absolute atomic E-state index is 0.390. The molecule has 2 bridgehead atoms. The lowest BCUT2D eigenvalue weighted by Gasteiger charge is -2.25. The van der Waals surface area contributed by atoms with Gasteiger partial charge in [0.2, 0.25) is 0 Å². The Bertz CT molecular complexity index is 855. The maximum absolute atomic E-state index is 10.5. The van der Waals surface area contributed by atoms with E-state index in [1.54, 1.807) is 4.57 Å². The topological polar surface area (TPSA) is 126 Å². The highest BCUT2D eigenvalue weighted by atomic mass is 16.6. The van der Waals surface area contributed by atoms with Crippen LogP contribution >= 0.6 is 0 Å². The molecule has 4 N–H and O–H groups in total. The Morgan fingerprint density at radius 3 is 2.81 bits per heavy atom. The van der Waals surface area contributed by atoms with Gasteiger partial charge in [-0.2, -0.15) is 0 Å². The first kappa shape index (κ1) is 17.3. The Balaban J connectivity index is 1.46. The molecule has 5 rings (SSSR count). The lowest BCUT2D eigenvalue weighted by molar-refractivity contribution is -0.0804. The summed E-state index contributed by atoms with van der Waals surface area (Å²) in [5, 5.41) is 34.0. The smallest absolute Gasteiger partial charge is 0.167 e. The van der Waals surface area contributed by atoms with Crippen molar-refractivity contribution in [2.24, 2.45) is 11.8 Å². The van der Waals surface area contributed by atoms with Crippen LogP contribution in [0.2, 0.25) is 0 Å². The maximum Gasteiger partial charge on any atom is 0.167 e. The first-order chi connectivity index (χ1) is 13.0. The zero-order valence-corrected chi connectivity index (χ0v) is 15.2. The predicted octanol–water partition coefficient (Wildman–Crippen LogP) is 0.428. The highest BCUT2D eigenvalue weighted by Gasteiger charge is 2.53. The Morgan fingerprint density at radius 1 is 1.30 bits per heavy atom. The molecule has 0 aromatic carbocycles. The van der Waals surface area contributed by atoms with Gasteiger partial charge in [0.05, 0.1) is 12.9 Å². The van der Waals surface area contributed by atoms with Crippen molar-refractivity contribution >= 4 is 17.0 Å². The van der Waals surface area contributed by atoms with Gasteiger partial charge in [0.1, 0.15) is 24.1 Å². The number of nitrogens with one attached hydrogen (secondary N) is 1. The third kappa shape index (κ3) is 2.56. The molecule has 0 amide bonds. The molecule has 2 aromatic heterocycles. The molecule has 0 unspecified atom stereocenters. The van der Waals surface area contributed by atoms with Gasteiger partial charge in [0.25, 0.3) is 0 Å². The number of imidazole rings is 1. The van der Waals surface area contributed by atoms with Crippen molar-refractivity contribution in [2.75, 3.05) is 11.9 Å². The SMILES string of the molecule is C[C@@]1(O)[C@@H](CO)O[C@@H](n2cnc3c(N[C@H]4C[C@H]5CC[C@@H]4C5)ncnc32)[C@@H]1O. The average molecular weight is 375 g/mol. The lowest BCUT2D eigenvalue weighted by Crippen LogP contribution is -2.46. The molecule has 27 heavy (non-hydrogen) atoms. The fourth-order valence-electron chi connectivity index (χ4n) is 5.05. The van der Waals surface area contributed by atoms with Crippen LogP contribution in [0.25, 0.3) is 11.2 Å². The summed E-state index contributed by atoms with van der Waals surface area (Å²) in [7, 11) is 0. The van der Waals surface area contributed by atoms with Crippen molar-refractivity contribution < 1.29 is 20.1 Å². The molecule has 0 radical (unpaired) electrons. The standard InChI is InChI=1S/C18H25N5O4/c1-18(26)12(6-24)27-17(14(18)25)23-8-21-13-15(19-7-20-16(13)23)22-11-5-9-2-3-10(11)4-9/h7-12,14,17,24-26H,2-6H2,1H3,(H,19,20,22)/t9-,10+,11-,12+,14-,17+,18+/m0/s1. The van der Waals surface area contributed by atoms with E-state index < -0.39 is 24.0 Å². The minimum atomic E-state index is -1.56. The number of hydrogen-bond donors (Lipinski definition) is 4. The van der Waals surface area contributed by atoms with Gasteiger partial charge < -0.3 is 25.4 Å². The van der Waals surface area contributed by atoms with E-state index in [0.29, 0.717) is 28.9 Å². The van der Waals surface area contributed by atoms with Gasteiger partial charge in [-0.3, -0.25) is 4.57 Å². The van der Waals surface area contributed by atoms with Crippen LogP contribution in [0, 0.1) is 11.8 Å². The summed E-state index contributed by atoms with van der Waals surface area (Å²) in [6, 6.07) is 0.417. The van der Waals surface area contributed by atoms with Crippen LogP contribution in [0.1, 0.15) is 38.8 Å². The second kappa shape index (κ2) is 6.10. The fourth-order valence-corrected chi connectivity index (χ4v) is 5.05. The minimum Gasteiger partial charge on any atom is -0.394 e. The molecule has 9 heteroatoms. The number of nitrogens with zero attached hydrogens (tertiary/aromatic N) is 4. The van der Waals surface area contributed by atoms with E-state index in [4.69, 9.17) is 4.74 Å². The summed E-state index contributed by atoms with van der Waals surface area (Å²) in [4.78, 5) is 13.1. The summed E-state index contributed by atoms with van der Waals surface area (Å²) in [6.07, 6.45) is 5.08. The Kier molecular flexibility index (Phi) is 3.91. The number of hydrogen-bond acceptors (Lipinski definition) is 8. The van der Waals surface area contributed by atoms with Crippen LogP contribution in [-0.4, -0.2) is 65.3 Å². The molecule has 3 fully saturated rings. The summed E-state index contributed by atoms with van der Waals surface area (Å²) in [5.74, 6) is 2.21. The fraction of sp³-hybridized carbons (Fsp3) is 0.722. The lowest BCUT2D eigenvalue weighted by atomic mass is 9.95. The second-order valence-electron chi connectivity index (χ2n) is 8.34. The number of fused-ring (bicyclic) bond motifs is 3. The number of aliphatic hydroxyl groups excluding tert-OH is 2. The van der Waals surface area contributed by atoms with E-state index in [1.807, 2.05) is 0 Å². The monoisotopic (exact) mass is 375 g/mol. The Morgan fingerprint density at radius 2 is 2.15 bits per heavy atom. The molecular weight excluding hydrogens is 350 g/mol. The molecule has 1 aliphatic heterocycles. The van der Waals surface area contributed by atoms with Gasteiger partial charge in [0, 0.05) is 6.04 Å². The molecule has 2 aliphatic carbocycles. The average Bonchev–Trinajstić information content (AvgIpc) is 3.40. The molecule has 1 saturated heterocycles. The van der Waals surface area contributed by atoms with E-state index in [1.165, 1.54) is 45.3 Å². The molecule has 2 aromatic rings. The van der Waals surface area contributed by atoms with Crippen LogP contribution in [0.3, 0.4) is 0 Å². The van der Waals surface area contributed by atoms with Gasteiger partial charge in [-0.15, -0.1) is 0 Å². The summed E-state index contributed by atoms with van der Waals surface area (Å²) < 4.78 is 7.29. The molecule has 7 atom stereocenters. The molecular formula is C18H25N5O4. The van der Waals surface area contributed by atoms with Crippen molar-refractivity contribution in [1.29, 1.82) is 0 Å². The molecule has 9 nitrogen and oxygen atoms in total. The zero-order valence-electron chi connectivity index (χ0n) is 15.2. The highest BCUT2D eigenvalue weighted by molar-refractivity contribution is 5.82. The quantitative estimate of drug-likeness (QED) is 0.606. The molecule has 3 heterocycles. The first-order valence-electron chi connectivity index (χ1n) is 9.60. The summed E-state index contributed by atoms with van der Waals surface area (Å²) in [6.45, 7) is 1.06. The van der Waals surface area contributed by atoms with Crippen molar-refractivity contribution in [2.45, 2.75) is 62.7 Å². The molecule has 0 spiro atoms. The van der Waals surface area contributed by atoms with Gasteiger partial charge >= 0.3 is 0 Å². The maximum atomic E-state index is 10.5. The Labute approximate surface area is 156 Å². The van der Waals surface area contributed by atoms with Crippen LogP contribution in [-0.2, 0) is 4.74 Å². The van der Waals surface area contributed by atoms with Gasteiger partial charge in [-0.25, -0.2) is 15.0 Å². The van der Waals surface area contributed by atoms with Crippen LogP contribution in [0.5, 0.6) is 0 Å². The van der Waals surface area contributed by atoms with Crippen molar-refractivity contribution in [3.05, 3.63) is 12.7 Å². The van der Waals surface area contributed by atoms with Crippen molar-refractivity contribution in [1.82, 2.24) is 19.5 Å². The van der Waals surface area contributed by atoms with Crippen molar-refractivity contribution in [3.8, 4) is 0 Å². The zero-order chi connectivity index (χ0) is 18.8. The second-order valence-corrected chi connectivity index (χ2v) is 8.34. The third-order valence-corrected chi connectivity index (χ3v) is 6.68. The number of rotatable bonds is 4. The van der Waals surface area contributed by atoms with Gasteiger partial charge in [-0.1, -0.05) is 6.42 Å². The normalized spacial score (nSPS) is 40.9. The van der Waals surface area contributed by atoms with Crippen molar-refractivity contribution in [3.63, 3.8) is 0 Å². The highest BCUT2D eigenvalue weighted by Crippen LogP contribution is 2.46.